The average molecular weight is 2030 g/mol. The number of rotatable bonds is 20. The Hall–Kier alpha value is -8.12. The van der Waals surface area contributed by atoms with Crippen LogP contribution in [0, 0.1) is 67.5 Å². The molecular formula is C104H160O39. The first-order valence-electron chi connectivity index (χ1n) is 51.6. The Morgan fingerprint density at radius 3 is 1.19 bits per heavy atom. The molecule has 0 aromatic rings. The molecule has 39 nitrogen and oxygen atoms in total. The topological polar surface area (TPSA) is 492 Å². The molecule has 28 atom stereocenters. The van der Waals surface area contributed by atoms with E-state index < -0.39 is 208 Å². The lowest BCUT2D eigenvalue weighted by atomic mass is 9.81. The first-order chi connectivity index (χ1) is 66.7. The van der Waals surface area contributed by atoms with Crippen molar-refractivity contribution in [1.29, 1.82) is 0 Å². The summed E-state index contributed by atoms with van der Waals surface area (Å²) in [5.74, 6) is -6.99. The molecule has 1 spiro atoms. The van der Waals surface area contributed by atoms with Crippen LogP contribution >= 0.6 is 0 Å². The molecule has 39 heteroatoms. The van der Waals surface area contributed by atoms with Gasteiger partial charge in [0, 0.05) is 30.6 Å². The van der Waals surface area contributed by atoms with Crippen LogP contribution < -0.4 is 0 Å². The second-order valence-electron chi connectivity index (χ2n) is 45.0. The van der Waals surface area contributed by atoms with Gasteiger partial charge in [0.15, 0.2) is 66.8 Å². The van der Waals surface area contributed by atoms with Gasteiger partial charge in [-0.25, -0.2) is 28.8 Å². The molecule has 5 aliphatic carbocycles. The summed E-state index contributed by atoms with van der Waals surface area (Å²) >= 11 is 0. The molecule has 143 heavy (non-hydrogen) atoms. The molecule has 17 fully saturated rings. The summed E-state index contributed by atoms with van der Waals surface area (Å²) in [6.45, 7) is 50.5. The standard InChI is InChI=1S/C18H26O7.C16H24O6.C15H22O7.C13H20O4.C13H18O4.C12H18O7.C8H12O2.C7H14O2.C2H6/c1-4-17(2,3)16(20)23-12-10-11(21-14(12)19)13-15(22-10)25-18(24-13)8-6-5-7-9-18;1-6-15(2,3)14(18)20-11-8-7-9-12(10(8)19-13(11)17)22-16(4,5)21-9;1-6-14(2,3)13(17)20-9-7-8(18-11(9)16)10-12(19-7)22-15(4,5)21-10;2*1-4-13(2,3)12(15)17-10-8-6-5-7-9(8)16-11(10)14;1-4-12(2,3)11(16)19-8-7-6(17-10(8)15)5(13)9(14)18-7;9-8-7-4-2-1-3-6(7)5-10-8;1-5-7(2,3)6(8)9-4;1-2/h10-13,15H,4-9H2,1-3H3;8-12H,6-7H2,1-5H3;7-10,12H,6H2,1-5H3;8-10H,4-7H2,1-3H3;5,7-10H,4,6H2,1-3H3;5-9,13-14H,4H2,1-3H3;6-7H,1-5H2;5H2,1-4H3;1-2H3. The second kappa shape index (κ2) is 46.7. The number of aliphatic hydroxyl groups excluding tert-OH is 2. The molecule has 18 rings (SSSR count). The van der Waals surface area contributed by atoms with Crippen LogP contribution in [0.1, 0.15) is 322 Å². The molecular weight excluding hydrogens is 1870 g/mol. The predicted molar refractivity (Wildman–Crippen MR) is 499 cm³/mol. The number of aliphatic hydroxyl groups is 2. The number of hydrogen-bond donors (Lipinski definition) is 2. The van der Waals surface area contributed by atoms with E-state index in [1.54, 1.807) is 55.4 Å². The zero-order chi connectivity index (χ0) is 106. The van der Waals surface area contributed by atoms with E-state index in [0.717, 1.165) is 64.2 Å². The Bertz CT molecular complexity index is 4410. The Kier molecular flexibility index (Phi) is 38.2. The summed E-state index contributed by atoms with van der Waals surface area (Å²) in [5, 5.41) is 18.9. The number of cyclic esters (lactones) is 1. The summed E-state index contributed by atoms with van der Waals surface area (Å²) in [6.07, 6.45) is 6.41. The van der Waals surface area contributed by atoms with Crippen molar-refractivity contribution in [2.24, 2.45) is 67.5 Å². The molecule has 13 saturated heterocycles. The van der Waals surface area contributed by atoms with Crippen LogP contribution in [0.15, 0.2) is 12.2 Å². The van der Waals surface area contributed by atoms with Crippen molar-refractivity contribution in [3.63, 3.8) is 0 Å². The summed E-state index contributed by atoms with van der Waals surface area (Å²) in [5.41, 5.74) is -4.06. The summed E-state index contributed by atoms with van der Waals surface area (Å²) in [7, 11) is 1.42. The molecule has 0 radical (unpaired) electrons. The fourth-order valence-electron chi connectivity index (χ4n) is 18.8. The molecule has 0 bridgehead atoms. The SMILES string of the molecule is CC.CCC(C)(C)C(=O)OC.CCC(C)(C)C(=O)OC1C(=O)OC2C(O)C(O)OC12.CCC(C)(C)C(=O)OC1C(=O)OC2C1CC1OC(C)(C)OC12.CCC(C)(C)C(=O)OC1C(=O)OC2C3OC(C)(C)OC3OC12.CCC(C)(C)C(=O)OC1C(=O)OC2C3OC4(CCCCC4)OC3OC12.CCC(C)(C)C(=O)OC1C(=O)OC2C=CCC21.CCC(C)(C)C(=O)OC1C(=O)OC2CCCC21.O=C1OCC2CCCCC12. The van der Waals surface area contributed by atoms with Gasteiger partial charge in [-0.1, -0.05) is 87.7 Å². The van der Waals surface area contributed by atoms with E-state index >= 15 is 0 Å². The van der Waals surface area contributed by atoms with Gasteiger partial charge in [-0.3, -0.25) is 38.4 Å². The highest BCUT2D eigenvalue weighted by Crippen LogP contribution is 2.52. The van der Waals surface area contributed by atoms with Crippen LogP contribution in [-0.2, 0) is 176 Å². The fraction of sp³-hybridized carbons (Fsp3) is 0.846. The van der Waals surface area contributed by atoms with Crippen molar-refractivity contribution in [1.82, 2.24) is 0 Å². The van der Waals surface area contributed by atoms with Crippen LogP contribution in [-0.4, -0.2) is 266 Å². The highest BCUT2D eigenvalue weighted by molar-refractivity contribution is 5.88. The van der Waals surface area contributed by atoms with Crippen LogP contribution in [0.4, 0.5) is 0 Å². The van der Waals surface area contributed by atoms with Gasteiger partial charge in [0.05, 0.1) is 69.6 Å². The maximum atomic E-state index is 12.3. The van der Waals surface area contributed by atoms with Crippen molar-refractivity contribution in [2.45, 2.75) is 480 Å². The minimum atomic E-state index is -1.44. The minimum Gasteiger partial charge on any atom is -0.469 e. The molecule has 13 aliphatic heterocycles. The highest BCUT2D eigenvalue weighted by Gasteiger charge is 2.69. The quantitative estimate of drug-likeness (QED) is 0.0649. The molecule has 810 valence electrons. The third-order valence-corrected chi connectivity index (χ3v) is 31.2. The van der Waals surface area contributed by atoms with Gasteiger partial charge in [-0.05, 0) is 233 Å². The van der Waals surface area contributed by atoms with Crippen LogP contribution in [0.3, 0.4) is 0 Å². The van der Waals surface area contributed by atoms with Gasteiger partial charge in [-0.15, -0.1) is 0 Å². The third kappa shape index (κ3) is 26.4. The lowest BCUT2D eigenvalue weighted by Gasteiger charge is -2.33. The van der Waals surface area contributed by atoms with Crippen molar-refractivity contribution in [3.8, 4) is 0 Å². The lowest BCUT2D eigenvalue weighted by Crippen LogP contribution is -2.41. The minimum absolute atomic E-state index is 0.0231. The number of carbonyl (C=O) groups excluding carboxylic acids is 14. The molecule has 4 saturated carbocycles. The van der Waals surface area contributed by atoms with Crippen molar-refractivity contribution >= 4 is 83.6 Å². The van der Waals surface area contributed by atoms with E-state index in [1.807, 2.05) is 144 Å². The van der Waals surface area contributed by atoms with Crippen LogP contribution in [0.5, 0.6) is 0 Å². The monoisotopic (exact) mass is 2030 g/mol. The van der Waals surface area contributed by atoms with Gasteiger partial charge in [0.25, 0.3) is 0 Å². The Morgan fingerprint density at radius 1 is 0.357 bits per heavy atom. The number of esters is 14. The van der Waals surface area contributed by atoms with Gasteiger partial charge in [-0.2, -0.15) is 0 Å². The highest BCUT2D eigenvalue weighted by atomic mass is 16.9. The Morgan fingerprint density at radius 2 is 0.734 bits per heavy atom. The summed E-state index contributed by atoms with van der Waals surface area (Å²) in [4.78, 5) is 166. The molecule has 2 N–H and O–H groups in total. The first-order valence-corrected chi connectivity index (χ1v) is 51.6. The number of allylic oxidation sites excluding steroid dienone is 1. The normalized spacial score (nSPS) is 35.0. The largest absolute Gasteiger partial charge is 0.469 e. The lowest BCUT2D eigenvalue weighted by molar-refractivity contribution is -0.246. The summed E-state index contributed by atoms with van der Waals surface area (Å²) in [6, 6.07) is 0. The van der Waals surface area contributed by atoms with Gasteiger partial charge in [0.1, 0.15) is 48.8 Å². The number of methoxy groups -OCH3 is 1. The van der Waals surface area contributed by atoms with E-state index in [9.17, 15) is 77.3 Å². The number of hydrogen-bond acceptors (Lipinski definition) is 39. The first kappa shape index (κ1) is 117. The maximum Gasteiger partial charge on any atom is 0.350 e. The van der Waals surface area contributed by atoms with Crippen molar-refractivity contribution < 1.29 is 186 Å². The second-order valence-corrected chi connectivity index (χ2v) is 45.0. The molecule has 28 unspecified atom stereocenters. The molecule has 18 aliphatic rings. The molecule has 0 aromatic heterocycles. The number of ether oxygens (including phenoxy) is 23. The number of fused-ring (bicyclic) bond motifs is 13. The Labute approximate surface area is 839 Å². The van der Waals surface area contributed by atoms with E-state index in [-0.39, 0.29) is 95.4 Å². The Balaban J connectivity index is 0.000000170. The smallest absolute Gasteiger partial charge is 0.350 e. The average Bonchev–Trinajstić information content (AvgIpc) is 1.58. The van der Waals surface area contributed by atoms with E-state index in [2.05, 4.69) is 4.74 Å². The summed E-state index contributed by atoms with van der Waals surface area (Å²) < 4.78 is 125. The zero-order valence-corrected chi connectivity index (χ0v) is 88.9. The van der Waals surface area contributed by atoms with Crippen molar-refractivity contribution in [2.75, 3.05) is 13.7 Å². The van der Waals surface area contributed by atoms with Crippen LogP contribution in [0.2, 0.25) is 0 Å². The number of carbonyl (C=O) groups is 14. The maximum absolute atomic E-state index is 12.3. The van der Waals surface area contributed by atoms with E-state index in [4.69, 9.17) is 104 Å². The van der Waals surface area contributed by atoms with Gasteiger partial charge in [0.2, 0.25) is 36.6 Å². The molecule has 0 aromatic carbocycles. The van der Waals surface area contributed by atoms with Gasteiger partial charge < -0.3 is 119 Å². The van der Waals surface area contributed by atoms with E-state index in [0.29, 0.717) is 57.5 Å². The molecule has 0 amide bonds. The fourth-order valence-corrected chi connectivity index (χ4v) is 18.8. The van der Waals surface area contributed by atoms with E-state index in [1.165, 1.54) is 32.8 Å². The zero-order valence-electron chi connectivity index (χ0n) is 88.9. The van der Waals surface area contributed by atoms with Crippen LogP contribution in [0.25, 0.3) is 0 Å². The molecule has 13 heterocycles. The predicted octanol–water partition coefficient (Wildman–Crippen LogP) is 12.2. The van der Waals surface area contributed by atoms with Crippen molar-refractivity contribution in [3.05, 3.63) is 12.2 Å². The van der Waals surface area contributed by atoms with Gasteiger partial charge >= 0.3 is 83.6 Å². The third-order valence-electron chi connectivity index (χ3n) is 31.2.